The molecule has 0 fully saturated rings. The third-order valence-electron chi connectivity index (χ3n) is 3.56. The van der Waals surface area contributed by atoms with E-state index in [0.29, 0.717) is 17.0 Å². The molecule has 2 rings (SSSR count). The molecule has 0 aliphatic rings. The Morgan fingerprint density at radius 2 is 2.18 bits per heavy atom. The number of aromatic nitrogens is 3. The average Bonchev–Trinajstić information content (AvgIpc) is 2.75. The molecule has 0 aliphatic heterocycles. The van der Waals surface area contributed by atoms with Crippen LogP contribution in [-0.4, -0.2) is 33.0 Å². The van der Waals surface area contributed by atoms with Crippen molar-refractivity contribution in [3.05, 3.63) is 45.1 Å². The molecule has 0 bridgehead atoms. The zero-order valence-electron chi connectivity index (χ0n) is 13.0. The monoisotopic (exact) mass is 305 g/mol. The maximum atomic E-state index is 12.3. The number of carbonyl (C=O) groups excluding carboxylic acids is 1. The lowest BCUT2D eigenvalue weighted by Crippen LogP contribution is -2.21. The van der Waals surface area contributed by atoms with Crippen molar-refractivity contribution < 1.29 is 14.6 Å². The molecular formula is C15H19N3O4. The van der Waals surface area contributed by atoms with E-state index in [0.717, 1.165) is 0 Å². The highest BCUT2D eigenvalue weighted by Crippen LogP contribution is 2.33. The first-order chi connectivity index (χ1) is 10.3. The normalized spacial score (nSPS) is 12.2. The number of pyridine rings is 1. The maximum absolute atomic E-state index is 12.3. The lowest BCUT2D eigenvalue weighted by atomic mass is 9.89. The molecule has 0 radical (unpaired) electrons. The lowest BCUT2D eigenvalue weighted by molar-refractivity contribution is -0.140. The van der Waals surface area contributed by atoms with E-state index in [1.54, 1.807) is 31.8 Å². The predicted octanol–water partition coefficient (Wildman–Crippen LogP) is 1.13. The van der Waals surface area contributed by atoms with E-state index in [2.05, 4.69) is 10.1 Å². The first-order valence-electron chi connectivity index (χ1n) is 6.83. The highest BCUT2D eigenvalue weighted by Gasteiger charge is 2.27. The second-order valence-corrected chi connectivity index (χ2v) is 5.26. The van der Waals surface area contributed by atoms with Gasteiger partial charge in [-0.2, -0.15) is 5.10 Å². The molecule has 0 amide bonds. The van der Waals surface area contributed by atoms with Crippen LogP contribution in [0.15, 0.2) is 17.1 Å². The Morgan fingerprint density at radius 1 is 1.50 bits per heavy atom. The zero-order valence-corrected chi connectivity index (χ0v) is 13.0. The Labute approximate surface area is 127 Å². The van der Waals surface area contributed by atoms with Gasteiger partial charge in [0.15, 0.2) is 0 Å². The van der Waals surface area contributed by atoms with Gasteiger partial charge in [-0.3, -0.25) is 14.3 Å². The van der Waals surface area contributed by atoms with Crippen LogP contribution in [0.1, 0.15) is 34.9 Å². The van der Waals surface area contributed by atoms with E-state index in [-0.39, 0.29) is 17.7 Å². The molecule has 1 atom stereocenters. The van der Waals surface area contributed by atoms with Crippen LogP contribution in [0.4, 0.5) is 0 Å². The summed E-state index contributed by atoms with van der Waals surface area (Å²) in [6.07, 6.45) is 1.68. The van der Waals surface area contributed by atoms with Crippen LogP contribution in [0.3, 0.4) is 0 Å². The fourth-order valence-electron chi connectivity index (χ4n) is 2.60. The Morgan fingerprint density at radius 3 is 2.68 bits per heavy atom. The Bertz CT molecular complexity index is 761. The van der Waals surface area contributed by atoms with Crippen LogP contribution >= 0.6 is 0 Å². The van der Waals surface area contributed by atoms with Crippen molar-refractivity contribution in [2.24, 2.45) is 7.05 Å². The highest BCUT2D eigenvalue weighted by atomic mass is 16.5. The minimum atomic E-state index is -0.620. The summed E-state index contributed by atoms with van der Waals surface area (Å²) < 4.78 is 6.32. The van der Waals surface area contributed by atoms with Crippen molar-refractivity contribution in [1.29, 1.82) is 0 Å². The van der Waals surface area contributed by atoms with E-state index in [1.165, 1.54) is 13.2 Å². The molecule has 118 valence electrons. The largest absolute Gasteiger partial charge is 0.507 e. The SMILES string of the molecule is COC(=O)C[C@@H](c1cn(C)nc1C)c1c(O)cc(C)[nH]c1=O. The molecule has 7 nitrogen and oxygen atoms in total. The molecule has 22 heavy (non-hydrogen) atoms. The first-order valence-corrected chi connectivity index (χ1v) is 6.83. The number of nitrogens with zero attached hydrogens (tertiary/aromatic N) is 2. The molecule has 2 aromatic rings. The summed E-state index contributed by atoms with van der Waals surface area (Å²) in [5.41, 5.74) is 1.67. The van der Waals surface area contributed by atoms with Crippen LogP contribution in [0.25, 0.3) is 0 Å². The van der Waals surface area contributed by atoms with Gasteiger partial charge in [0.05, 0.1) is 24.8 Å². The molecular weight excluding hydrogens is 286 g/mol. The van der Waals surface area contributed by atoms with Gasteiger partial charge in [0.1, 0.15) is 5.75 Å². The Hall–Kier alpha value is -2.57. The van der Waals surface area contributed by atoms with Gasteiger partial charge in [-0.15, -0.1) is 0 Å². The highest BCUT2D eigenvalue weighted by molar-refractivity contribution is 5.71. The number of rotatable bonds is 4. The molecule has 0 unspecified atom stereocenters. The number of hydrogen-bond donors (Lipinski definition) is 2. The second-order valence-electron chi connectivity index (χ2n) is 5.26. The minimum absolute atomic E-state index is 0.0528. The summed E-state index contributed by atoms with van der Waals surface area (Å²) in [5, 5.41) is 14.4. The van der Waals surface area contributed by atoms with Gasteiger partial charge in [0.2, 0.25) is 0 Å². The van der Waals surface area contributed by atoms with Gasteiger partial charge < -0.3 is 14.8 Å². The van der Waals surface area contributed by atoms with E-state index in [1.807, 2.05) is 0 Å². The smallest absolute Gasteiger partial charge is 0.306 e. The fourth-order valence-corrected chi connectivity index (χ4v) is 2.60. The Balaban J connectivity index is 2.62. The number of H-pyrrole nitrogens is 1. The van der Waals surface area contributed by atoms with Crippen LogP contribution in [0, 0.1) is 13.8 Å². The average molecular weight is 305 g/mol. The second kappa shape index (κ2) is 6.05. The molecule has 0 saturated heterocycles. The van der Waals surface area contributed by atoms with E-state index < -0.39 is 17.4 Å². The molecule has 2 N–H and O–H groups in total. The summed E-state index contributed by atoms with van der Waals surface area (Å²) in [5.74, 6) is -1.23. The van der Waals surface area contributed by atoms with E-state index >= 15 is 0 Å². The third-order valence-corrected chi connectivity index (χ3v) is 3.56. The fraction of sp³-hybridized carbons (Fsp3) is 0.400. The van der Waals surface area contributed by atoms with Crippen molar-refractivity contribution in [1.82, 2.24) is 14.8 Å². The number of esters is 1. The minimum Gasteiger partial charge on any atom is -0.507 e. The van der Waals surface area contributed by atoms with Gasteiger partial charge in [-0.1, -0.05) is 0 Å². The number of methoxy groups -OCH3 is 1. The van der Waals surface area contributed by atoms with Crippen LogP contribution in [0.2, 0.25) is 0 Å². The van der Waals surface area contributed by atoms with Gasteiger partial charge in [-0.05, 0) is 19.9 Å². The number of nitrogens with one attached hydrogen (secondary N) is 1. The van der Waals surface area contributed by atoms with Crippen molar-refractivity contribution in [3.8, 4) is 5.75 Å². The van der Waals surface area contributed by atoms with Crippen molar-refractivity contribution in [3.63, 3.8) is 0 Å². The number of aryl methyl sites for hydroxylation is 3. The first kappa shape index (κ1) is 15.8. The number of aromatic amines is 1. The van der Waals surface area contributed by atoms with Gasteiger partial charge in [-0.25, -0.2) is 0 Å². The van der Waals surface area contributed by atoms with Crippen molar-refractivity contribution >= 4 is 5.97 Å². The molecule has 7 heteroatoms. The zero-order chi connectivity index (χ0) is 16.4. The molecule has 0 aromatic carbocycles. The lowest BCUT2D eigenvalue weighted by Gasteiger charge is -2.16. The number of ether oxygens (including phenoxy) is 1. The molecule has 2 heterocycles. The van der Waals surface area contributed by atoms with Gasteiger partial charge in [0, 0.05) is 30.4 Å². The maximum Gasteiger partial charge on any atom is 0.306 e. The number of hydrogen-bond acceptors (Lipinski definition) is 5. The standard InChI is InChI=1S/C15H19N3O4/c1-8-5-12(19)14(15(21)16-8)10(6-13(20)22-4)11-7-18(3)17-9(11)2/h5,7,10H,6H2,1-4H3,(H2,16,19,21)/t10-/m0/s1. The van der Waals surface area contributed by atoms with Gasteiger partial charge in [0.25, 0.3) is 5.56 Å². The molecule has 0 spiro atoms. The quantitative estimate of drug-likeness (QED) is 0.825. The van der Waals surface area contributed by atoms with Crippen LogP contribution in [0.5, 0.6) is 5.75 Å². The number of carbonyl (C=O) groups is 1. The summed E-state index contributed by atoms with van der Waals surface area (Å²) in [6, 6.07) is 1.46. The third kappa shape index (κ3) is 3.03. The Kier molecular flexibility index (Phi) is 4.35. The summed E-state index contributed by atoms with van der Waals surface area (Å²) in [4.78, 5) is 26.7. The molecule has 2 aromatic heterocycles. The van der Waals surface area contributed by atoms with Crippen LogP contribution in [-0.2, 0) is 16.6 Å². The number of aromatic hydroxyl groups is 1. The van der Waals surface area contributed by atoms with Crippen molar-refractivity contribution in [2.45, 2.75) is 26.2 Å². The topological polar surface area (TPSA) is 97.2 Å². The van der Waals surface area contributed by atoms with Crippen molar-refractivity contribution in [2.75, 3.05) is 7.11 Å². The summed E-state index contributed by atoms with van der Waals surface area (Å²) in [6.45, 7) is 3.47. The van der Waals surface area contributed by atoms with Crippen LogP contribution < -0.4 is 5.56 Å². The van der Waals surface area contributed by atoms with E-state index in [9.17, 15) is 14.7 Å². The predicted molar refractivity (Wildman–Crippen MR) is 79.9 cm³/mol. The summed E-state index contributed by atoms with van der Waals surface area (Å²) in [7, 11) is 3.04. The molecule has 0 aliphatic carbocycles. The molecule has 0 saturated carbocycles. The van der Waals surface area contributed by atoms with E-state index in [4.69, 9.17) is 4.74 Å². The summed E-state index contributed by atoms with van der Waals surface area (Å²) >= 11 is 0. The van der Waals surface area contributed by atoms with Gasteiger partial charge >= 0.3 is 5.97 Å².